The molecule has 86 valence electrons. The maximum absolute atomic E-state index is 11.0. The highest BCUT2D eigenvalue weighted by Crippen LogP contribution is 2.21. The molecule has 1 heterocycles. The summed E-state index contributed by atoms with van der Waals surface area (Å²) in [4.78, 5) is 12.0. The van der Waals surface area contributed by atoms with Crippen molar-refractivity contribution in [1.82, 2.24) is 9.69 Å². The summed E-state index contributed by atoms with van der Waals surface area (Å²) in [5.74, 6) is -0.167. The predicted molar refractivity (Wildman–Crippen MR) is 69.6 cm³/mol. The van der Waals surface area contributed by atoms with Crippen molar-refractivity contribution in [2.45, 2.75) is 6.54 Å². The summed E-state index contributed by atoms with van der Waals surface area (Å²) < 4.78 is 4.35. The molecule has 0 spiro atoms. The zero-order valence-corrected chi connectivity index (χ0v) is 10.0. The van der Waals surface area contributed by atoms with Gasteiger partial charge in [-0.25, -0.2) is 0 Å². The van der Waals surface area contributed by atoms with Gasteiger partial charge in [0.2, 0.25) is 5.91 Å². The number of carbonyl (C=O) groups is 1. The number of nitrogens with one attached hydrogen (secondary N) is 1. The van der Waals surface area contributed by atoms with Gasteiger partial charge in [-0.05, 0) is 23.7 Å². The van der Waals surface area contributed by atoms with Crippen LogP contribution in [-0.2, 0) is 11.3 Å². The van der Waals surface area contributed by atoms with Crippen LogP contribution in [-0.4, -0.2) is 10.3 Å². The van der Waals surface area contributed by atoms with Gasteiger partial charge in [0.25, 0.3) is 0 Å². The highest BCUT2D eigenvalue weighted by molar-refractivity contribution is 7.06. The molecule has 0 bridgehead atoms. The van der Waals surface area contributed by atoms with Gasteiger partial charge in [0, 0.05) is 10.4 Å². The molecule has 0 radical (unpaired) electrons. The predicted octanol–water partition coefficient (Wildman–Crippen LogP) is 2.61. The maximum atomic E-state index is 11.0. The van der Waals surface area contributed by atoms with Gasteiger partial charge in [0.05, 0.1) is 12.2 Å². The van der Waals surface area contributed by atoms with Gasteiger partial charge in [-0.15, -0.1) is 0 Å². The summed E-state index contributed by atoms with van der Waals surface area (Å²) in [6.07, 6.45) is 1.26. The largest absolute Gasteiger partial charge is 0.348 e. The Morgan fingerprint density at radius 3 is 2.88 bits per heavy atom. The summed E-state index contributed by atoms with van der Waals surface area (Å²) in [6.45, 7) is 3.90. The van der Waals surface area contributed by atoms with Crippen LogP contribution in [0.25, 0.3) is 11.3 Å². The first-order valence-corrected chi connectivity index (χ1v) is 5.98. The van der Waals surface area contributed by atoms with E-state index < -0.39 is 0 Å². The lowest BCUT2D eigenvalue weighted by Gasteiger charge is -1.97. The zero-order chi connectivity index (χ0) is 12.1. The van der Waals surface area contributed by atoms with Crippen molar-refractivity contribution < 1.29 is 4.79 Å². The molecule has 0 saturated carbocycles. The Balaban J connectivity index is 2.06. The standard InChI is InChI=1S/C13H12N2OS/c1-2-13(16)14-9-11-8-12(15-17-11)10-6-4-3-5-7-10/h2-8H,1,9H2,(H,14,16). The first-order chi connectivity index (χ1) is 8.29. The molecule has 0 aliphatic carbocycles. The second-order valence-corrected chi connectivity index (χ2v) is 4.36. The molecule has 4 heteroatoms. The van der Waals surface area contributed by atoms with E-state index in [2.05, 4.69) is 16.3 Å². The molecule has 0 atom stereocenters. The first kappa shape index (κ1) is 11.5. The van der Waals surface area contributed by atoms with Crippen LogP contribution in [0.3, 0.4) is 0 Å². The summed E-state index contributed by atoms with van der Waals surface area (Å²) >= 11 is 1.40. The average Bonchev–Trinajstić information content (AvgIpc) is 2.86. The van der Waals surface area contributed by atoms with Crippen LogP contribution in [0.1, 0.15) is 4.88 Å². The van der Waals surface area contributed by atoms with Crippen molar-refractivity contribution in [3.8, 4) is 11.3 Å². The molecule has 2 rings (SSSR count). The number of aromatic nitrogens is 1. The van der Waals surface area contributed by atoms with E-state index in [1.807, 2.05) is 36.4 Å². The van der Waals surface area contributed by atoms with E-state index in [-0.39, 0.29) is 5.91 Å². The van der Waals surface area contributed by atoms with Crippen LogP contribution < -0.4 is 5.32 Å². The Morgan fingerprint density at radius 2 is 2.18 bits per heavy atom. The molecule has 3 nitrogen and oxygen atoms in total. The minimum absolute atomic E-state index is 0.167. The zero-order valence-electron chi connectivity index (χ0n) is 9.22. The normalized spacial score (nSPS) is 9.88. The fourth-order valence-electron chi connectivity index (χ4n) is 1.39. The molecule has 0 fully saturated rings. The van der Waals surface area contributed by atoms with Gasteiger partial charge >= 0.3 is 0 Å². The SMILES string of the molecule is C=CC(=O)NCc1cc(-c2ccccc2)ns1. The van der Waals surface area contributed by atoms with E-state index in [1.54, 1.807) is 0 Å². The minimum Gasteiger partial charge on any atom is -0.348 e. The summed E-state index contributed by atoms with van der Waals surface area (Å²) in [6, 6.07) is 12.0. The van der Waals surface area contributed by atoms with Crippen LogP contribution in [0.4, 0.5) is 0 Å². The van der Waals surface area contributed by atoms with Gasteiger partial charge in [-0.2, -0.15) is 4.37 Å². The van der Waals surface area contributed by atoms with Gasteiger partial charge in [-0.3, -0.25) is 4.79 Å². The molecule has 1 amide bonds. The fraction of sp³-hybridized carbons (Fsp3) is 0.0769. The number of rotatable bonds is 4. The third-order valence-electron chi connectivity index (χ3n) is 2.25. The van der Waals surface area contributed by atoms with Crippen molar-refractivity contribution in [2.75, 3.05) is 0 Å². The van der Waals surface area contributed by atoms with Crippen LogP contribution in [0.2, 0.25) is 0 Å². The van der Waals surface area contributed by atoms with Gasteiger partial charge < -0.3 is 5.32 Å². The van der Waals surface area contributed by atoms with Crippen molar-refractivity contribution in [3.05, 3.63) is 53.9 Å². The van der Waals surface area contributed by atoms with Crippen molar-refractivity contribution in [2.24, 2.45) is 0 Å². The number of hydrogen-bond acceptors (Lipinski definition) is 3. The topological polar surface area (TPSA) is 42.0 Å². The van der Waals surface area contributed by atoms with E-state index in [1.165, 1.54) is 17.6 Å². The molecule has 0 aliphatic rings. The monoisotopic (exact) mass is 244 g/mol. The second kappa shape index (κ2) is 5.41. The van der Waals surface area contributed by atoms with Crippen LogP contribution in [0.5, 0.6) is 0 Å². The fourth-order valence-corrected chi connectivity index (χ4v) is 2.06. The molecule has 1 aromatic carbocycles. The molecular weight excluding hydrogens is 232 g/mol. The van der Waals surface area contributed by atoms with Gasteiger partial charge in [0.1, 0.15) is 0 Å². The molecule has 0 unspecified atom stereocenters. The van der Waals surface area contributed by atoms with Gasteiger partial charge in [0.15, 0.2) is 0 Å². The van der Waals surface area contributed by atoms with E-state index >= 15 is 0 Å². The summed E-state index contributed by atoms with van der Waals surface area (Å²) in [5, 5.41) is 2.73. The highest BCUT2D eigenvalue weighted by atomic mass is 32.1. The Hall–Kier alpha value is -1.94. The molecule has 1 N–H and O–H groups in total. The van der Waals surface area contributed by atoms with E-state index in [9.17, 15) is 4.79 Å². The lowest BCUT2D eigenvalue weighted by atomic mass is 10.1. The minimum atomic E-state index is -0.167. The molecule has 0 saturated heterocycles. The van der Waals surface area contributed by atoms with Crippen LogP contribution >= 0.6 is 11.5 Å². The maximum Gasteiger partial charge on any atom is 0.243 e. The Labute approximate surface area is 104 Å². The van der Waals surface area contributed by atoms with E-state index in [4.69, 9.17) is 0 Å². The Morgan fingerprint density at radius 1 is 1.41 bits per heavy atom. The smallest absolute Gasteiger partial charge is 0.243 e. The lowest BCUT2D eigenvalue weighted by molar-refractivity contribution is -0.116. The molecule has 2 aromatic rings. The number of carbonyl (C=O) groups excluding carboxylic acids is 1. The van der Waals surface area contributed by atoms with E-state index in [0.717, 1.165) is 16.1 Å². The van der Waals surface area contributed by atoms with E-state index in [0.29, 0.717) is 6.54 Å². The molecule has 17 heavy (non-hydrogen) atoms. The summed E-state index contributed by atoms with van der Waals surface area (Å²) in [7, 11) is 0. The Kier molecular flexibility index (Phi) is 3.67. The quantitative estimate of drug-likeness (QED) is 0.840. The van der Waals surface area contributed by atoms with Gasteiger partial charge in [-0.1, -0.05) is 36.9 Å². The lowest BCUT2D eigenvalue weighted by Crippen LogP contribution is -2.19. The Bertz CT molecular complexity index is 519. The number of nitrogens with zero attached hydrogens (tertiary/aromatic N) is 1. The summed E-state index contributed by atoms with van der Waals surface area (Å²) in [5.41, 5.74) is 2.03. The van der Waals surface area contributed by atoms with Crippen LogP contribution in [0, 0.1) is 0 Å². The number of hydrogen-bond donors (Lipinski definition) is 1. The molecule has 1 aromatic heterocycles. The first-order valence-electron chi connectivity index (χ1n) is 5.21. The average molecular weight is 244 g/mol. The van der Waals surface area contributed by atoms with Crippen molar-refractivity contribution in [3.63, 3.8) is 0 Å². The second-order valence-electron chi connectivity index (χ2n) is 3.47. The van der Waals surface area contributed by atoms with Crippen molar-refractivity contribution >= 4 is 17.4 Å². The third kappa shape index (κ3) is 3.01. The number of benzene rings is 1. The highest BCUT2D eigenvalue weighted by Gasteiger charge is 2.04. The molecular formula is C13H12N2OS. The third-order valence-corrected chi connectivity index (χ3v) is 3.04. The number of amides is 1. The molecule has 0 aliphatic heterocycles. The van der Waals surface area contributed by atoms with Crippen molar-refractivity contribution in [1.29, 1.82) is 0 Å². The van der Waals surface area contributed by atoms with Crippen LogP contribution in [0.15, 0.2) is 49.1 Å².